The van der Waals surface area contributed by atoms with Crippen LogP contribution in [0.4, 0.5) is 17.1 Å². The maximum atomic E-state index is 13.1. The number of aromatic amines is 1. The summed E-state index contributed by atoms with van der Waals surface area (Å²) in [4.78, 5) is 35.5. The normalized spacial score (nSPS) is 11.2. The Morgan fingerprint density at radius 2 is 1.70 bits per heavy atom. The van der Waals surface area contributed by atoms with Crippen molar-refractivity contribution >= 4 is 74.0 Å². The number of carbonyl (C=O) groups is 2. The summed E-state index contributed by atoms with van der Waals surface area (Å²) in [5, 5.41) is 5.96. The Balaban J connectivity index is 1.47. The Bertz CT molecular complexity index is 1480. The highest BCUT2D eigenvalue weighted by molar-refractivity contribution is 7.95. The second kappa shape index (κ2) is 13.9. The number of rotatable bonds is 12. The maximum absolute atomic E-state index is 13.1. The van der Waals surface area contributed by atoms with E-state index >= 15 is 0 Å². The molecule has 4 rings (SSSR count). The zero-order valence-electron chi connectivity index (χ0n) is 22.9. The number of benzene rings is 3. The molecule has 210 valence electrons. The minimum absolute atomic E-state index is 0.00582. The highest BCUT2D eigenvalue weighted by Gasteiger charge is 2.14. The molecular weight excluding hydrogens is 565 g/mol. The van der Waals surface area contributed by atoms with Gasteiger partial charge in [0.2, 0.25) is 5.91 Å². The van der Waals surface area contributed by atoms with Crippen LogP contribution < -0.4 is 15.5 Å². The Morgan fingerprint density at radius 3 is 2.40 bits per heavy atom. The lowest BCUT2D eigenvalue weighted by atomic mass is 10.1. The summed E-state index contributed by atoms with van der Waals surface area (Å²) in [5.74, 6) is 2.34. The predicted molar refractivity (Wildman–Crippen MR) is 172 cm³/mol. The van der Waals surface area contributed by atoms with E-state index in [1.807, 2.05) is 55.5 Å². The molecule has 1 aromatic heterocycles. The fraction of sp³-hybridized carbons (Fsp3) is 0.300. The molecule has 7 nitrogen and oxygen atoms in total. The molecule has 4 aromatic rings. The molecule has 0 aliphatic carbocycles. The van der Waals surface area contributed by atoms with Gasteiger partial charge < -0.3 is 20.5 Å². The van der Waals surface area contributed by atoms with E-state index in [2.05, 4.69) is 33.0 Å². The average molecular weight is 600 g/mol. The van der Waals surface area contributed by atoms with Gasteiger partial charge in [0.05, 0.1) is 30.0 Å². The van der Waals surface area contributed by atoms with E-state index in [4.69, 9.17) is 28.2 Å². The lowest BCUT2D eigenvalue weighted by Gasteiger charge is -2.25. The number of halogens is 2. The maximum Gasteiger partial charge on any atom is 0.255 e. The van der Waals surface area contributed by atoms with Crippen LogP contribution in [-0.2, 0) is 15.7 Å². The molecule has 0 unspecified atom stereocenters. The van der Waals surface area contributed by atoms with Crippen LogP contribution in [0.1, 0.15) is 22.3 Å². The summed E-state index contributed by atoms with van der Waals surface area (Å²) < 4.78 is 0. The van der Waals surface area contributed by atoms with Crippen molar-refractivity contribution in [2.24, 2.45) is 0 Å². The van der Waals surface area contributed by atoms with Gasteiger partial charge in [-0.2, -0.15) is 0 Å². The number of hydrogen-bond acceptors (Lipinski definition) is 4. The van der Waals surface area contributed by atoms with E-state index in [1.54, 1.807) is 12.1 Å². The summed E-state index contributed by atoms with van der Waals surface area (Å²) in [5.41, 5.74) is 6.37. The molecule has 40 heavy (non-hydrogen) atoms. The number of nitrogens with zero attached hydrogens (tertiary/aromatic N) is 2. The Kier molecular flexibility index (Phi) is 10.4. The van der Waals surface area contributed by atoms with Gasteiger partial charge in [-0.3, -0.25) is 9.59 Å². The average Bonchev–Trinajstić information content (AvgIpc) is 3.36. The Labute approximate surface area is 248 Å². The van der Waals surface area contributed by atoms with Crippen molar-refractivity contribution in [2.45, 2.75) is 13.3 Å². The minimum Gasteiger partial charge on any atom is -0.369 e. The number of anilines is 3. The fourth-order valence-corrected chi connectivity index (χ4v) is 5.40. The van der Waals surface area contributed by atoms with Crippen molar-refractivity contribution in [1.82, 2.24) is 9.97 Å². The van der Waals surface area contributed by atoms with E-state index in [-0.39, 0.29) is 22.7 Å². The third-order valence-corrected chi connectivity index (χ3v) is 7.76. The molecule has 3 N–H and O–H groups in total. The molecule has 1 heterocycles. The van der Waals surface area contributed by atoms with Crippen LogP contribution in [0.15, 0.2) is 60.7 Å². The van der Waals surface area contributed by atoms with Gasteiger partial charge >= 0.3 is 0 Å². The number of amides is 2. The molecule has 10 heteroatoms. The summed E-state index contributed by atoms with van der Waals surface area (Å²) in [7, 11) is 0.226. The lowest BCUT2D eigenvalue weighted by molar-refractivity contribution is -0.115. The molecule has 0 radical (unpaired) electrons. The number of aryl methyl sites for hydroxylation is 1. The largest absolute Gasteiger partial charge is 0.369 e. The van der Waals surface area contributed by atoms with Crippen LogP contribution in [0.5, 0.6) is 0 Å². The van der Waals surface area contributed by atoms with Gasteiger partial charge in [0.15, 0.2) is 0 Å². The predicted octanol–water partition coefficient (Wildman–Crippen LogP) is 6.28. The van der Waals surface area contributed by atoms with Crippen molar-refractivity contribution in [2.75, 3.05) is 58.6 Å². The standard InChI is InChI=1S/C30H33Cl2N5O2S/c1-20-17-24(8-10-27(20)37(14-12-31)15-13-32)34-30(39)22-7-9-25-26(19-22)36-29(35-25)21-5-4-6-23(18-21)33-28(38)11-16-40(2)3/h4-10,17-19H,11-16H2,1-3H3,(H2-,33,34,35,36,38,39)/p+1. The van der Waals surface area contributed by atoms with Crippen molar-refractivity contribution in [3.8, 4) is 11.4 Å². The van der Waals surface area contributed by atoms with Crippen molar-refractivity contribution in [3.63, 3.8) is 0 Å². The highest BCUT2D eigenvalue weighted by Crippen LogP contribution is 2.26. The number of fused-ring (bicyclic) bond motifs is 1. The number of aromatic nitrogens is 2. The molecule has 0 bridgehead atoms. The SMILES string of the molecule is Cc1cc(NC(=O)c2ccc3nc(-c4cccc(NC(=O)CC[S+](C)C)c4)[nH]c3c2)ccc1N(CCCl)CCCl. The molecule has 0 atom stereocenters. The van der Waals surface area contributed by atoms with Gasteiger partial charge in [0.1, 0.15) is 11.6 Å². The van der Waals surface area contributed by atoms with Crippen LogP contribution >= 0.6 is 23.2 Å². The van der Waals surface area contributed by atoms with Crippen LogP contribution in [0.3, 0.4) is 0 Å². The number of imidazole rings is 1. The van der Waals surface area contributed by atoms with E-state index in [9.17, 15) is 9.59 Å². The summed E-state index contributed by atoms with van der Waals surface area (Å²) in [6, 6.07) is 18.8. The molecule has 0 spiro atoms. The number of nitrogens with one attached hydrogen (secondary N) is 3. The third kappa shape index (κ3) is 7.71. The zero-order chi connectivity index (χ0) is 28.6. The molecule has 0 aliphatic rings. The molecule has 0 saturated heterocycles. The molecule has 0 saturated carbocycles. The molecule has 0 fully saturated rings. The first-order chi connectivity index (χ1) is 19.3. The second-order valence-electron chi connectivity index (χ2n) is 9.71. The quantitative estimate of drug-likeness (QED) is 0.132. The van der Waals surface area contributed by atoms with Gasteiger partial charge in [0.25, 0.3) is 5.91 Å². The van der Waals surface area contributed by atoms with E-state index in [1.165, 1.54) is 0 Å². The van der Waals surface area contributed by atoms with E-state index < -0.39 is 0 Å². The monoisotopic (exact) mass is 598 g/mol. The fourth-order valence-electron chi connectivity index (χ4n) is 4.40. The number of alkyl halides is 2. The van der Waals surface area contributed by atoms with Crippen LogP contribution in [0.2, 0.25) is 0 Å². The van der Waals surface area contributed by atoms with Gasteiger partial charge in [-0.05, 0) is 71.9 Å². The van der Waals surface area contributed by atoms with Crippen LogP contribution in [0.25, 0.3) is 22.4 Å². The summed E-state index contributed by atoms with van der Waals surface area (Å²) in [6.45, 7) is 3.40. The number of hydrogen-bond donors (Lipinski definition) is 3. The van der Waals surface area contributed by atoms with Gasteiger partial charge in [-0.15, -0.1) is 23.2 Å². The van der Waals surface area contributed by atoms with E-state index in [0.717, 1.165) is 39.3 Å². The zero-order valence-corrected chi connectivity index (χ0v) is 25.2. The molecule has 2 amide bonds. The first kappa shape index (κ1) is 29.8. The molecule has 0 aliphatic heterocycles. The van der Waals surface area contributed by atoms with Crippen LogP contribution in [-0.4, -0.2) is 64.9 Å². The highest BCUT2D eigenvalue weighted by atomic mass is 35.5. The third-order valence-electron chi connectivity index (χ3n) is 6.41. The minimum atomic E-state index is -0.213. The summed E-state index contributed by atoms with van der Waals surface area (Å²) in [6.07, 6.45) is 4.76. The smallest absolute Gasteiger partial charge is 0.255 e. The van der Waals surface area contributed by atoms with Gasteiger partial charge in [-0.25, -0.2) is 4.98 Å². The van der Waals surface area contributed by atoms with Crippen LogP contribution in [0, 0.1) is 6.92 Å². The van der Waals surface area contributed by atoms with E-state index in [0.29, 0.717) is 48.3 Å². The van der Waals surface area contributed by atoms with Gasteiger partial charge in [0, 0.05) is 53.0 Å². The number of H-pyrrole nitrogens is 1. The lowest BCUT2D eigenvalue weighted by Crippen LogP contribution is -2.28. The second-order valence-corrected chi connectivity index (χ2v) is 12.8. The topological polar surface area (TPSA) is 90.1 Å². The Morgan fingerprint density at radius 1 is 0.950 bits per heavy atom. The first-order valence-electron chi connectivity index (χ1n) is 13.0. The molecule has 3 aromatic carbocycles. The van der Waals surface area contributed by atoms with Gasteiger partial charge in [-0.1, -0.05) is 12.1 Å². The molecular formula is C30H34Cl2N5O2S+. The van der Waals surface area contributed by atoms with Crippen molar-refractivity contribution in [1.29, 1.82) is 0 Å². The van der Waals surface area contributed by atoms with Crippen molar-refractivity contribution in [3.05, 3.63) is 71.8 Å². The Hall–Kier alpha value is -3.20. The number of carbonyl (C=O) groups excluding carboxylic acids is 2. The van der Waals surface area contributed by atoms with Crippen molar-refractivity contribution < 1.29 is 9.59 Å². The summed E-state index contributed by atoms with van der Waals surface area (Å²) >= 11 is 11.9. The first-order valence-corrected chi connectivity index (χ1v) is 16.3.